The smallest absolute Gasteiger partial charge is 0.249 e. The van der Waals surface area contributed by atoms with Gasteiger partial charge < -0.3 is 27.4 Å². The molecule has 1 amide bonds. The average molecular weight is 189 g/mol. The normalized spacial score (nSPS) is 46.0. The number of hydrogen-bond donors (Lipinski definition) is 5. The Morgan fingerprint density at radius 2 is 1.92 bits per heavy atom. The molecular weight excluding hydrogens is 174 g/mol. The second kappa shape index (κ2) is 3.22. The number of carbonyl (C=O) groups excluding carboxylic acids is 1. The van der Waals surface area contributed by atoms with Crippen LogP contribution in [0.25, 0.3) is 0 Å². The molecule has 6 heteroatoms. The molecule has 1 aliphatic rings. The number of nitrogens with two attached hydrogens (primary N) is 3. The molecular formula is C7H15N3O3. The lowest BCUT2D eigenvalue weighted by Gasteiger charge is -2.39. The Labute approximate surface area is 75.7 Å². The van der Waals surface area contributed by atoms with Crippen molar-refractivity contribution < 1.29 is 15.0 Å². The highest BCUT2D eigenvalue weighted by atomic mass is 16.3. The van der Waals surface area contributed by atoms with Crippen LogP contribution in [0.3, 0.4) is 0 Å². The third-order valence-electron chi connectivity index (χ3n) is 2.52. The molecule has 0 aliphatic heterocycles. The van der Waals surface area contributed by atoms with E-state index in [0.717, 1.165) is 0 Å². The van der Waals surface area contributed by atoms with Crippen LogP contribution in [0, 0.1) is 0 Å². The minimum absolute atomic E-state index is 0.000556. The number of aliphatic hydroxyl groups is 2. The fraction of sp³-hybridized carbons (Fsp3) is 0.857. The fourth-order valence-electron chi connectivity index (χ4n) is 1.58. The van der Waals surface area contributed by atoms with Crippen LogP contribution in [0.1, 0.15) is 12.8 Å². The van der Waals surface area contributed by atoms with E-state index in [1.54, 1.807) is 0 Å². The standard InChI is InChI=1S/C7H15N3O3/c8-3-1-7(13,6(10)12)2-4(11)5(3)9/h3-5,11,13H,1-2,8-9H2,(H2,10,12). The summed E-state index contributed by atoms with van der Waals surface area (Å²) in [4.78, 5) is 10.8. The quantitative estimate of drug-likeness (QED) is 0.300. The van der Waals surface area contributed by atoms with Crippen LogP contribution in [-0.4, -0.2) is 39.9 Å². The summed E-state index contributed by atoms with van der Waals surface area (Å²) in [6.45, 7) is 0. The molecule has 0 heterocycles. The van der Waals surface area contributed by atoms with Crippen molar-refractivity contribution in [2.45, 2.75) is 36.6 Å². The maximum Gasteiger partial charge on any atom is 0.249 e. The second-order valence-electron chi connectivity index (χ2n) is 3.61. The average Bonchev–Trinajstić information content (AvgIpc) is 2.00. The SMILES string of the molecule is NC(=O)C1(O)CC(N)C(N)C(O)C1. The predicted molar refractivity (Wildman–Crippen MR) is 45.3 cm³/mol. The molecule has 0 aromatic heterocycles. The van der Waals surface area contributed by atoms with Crippen molar-refractivity contribution in [3.05, 3.63) is 0 Å². The molecule has 0 saturated heterocycles. The van der Waals surface area contributed by atoms with E-state index in [4.69, 9.17) is 17.2 Å². The van der Waals surface area contributed by atoms with E-state index in [2.05, 4.69) is 0 Å². The van der Waals surface area contributed by atoms with Crippen molar-refractivity contribution in [3.63, 3.8) is 0 Å². The van der Waals surface area contributed by atoms with Crippen molar-refractivity contribution in [1.29, 1.82) is 0 Å². The molecule has 0 radical (unpaired) electrons. The fourth-order valence-corrected chi connectivity index (χ4v) is 1.58. The zero-order valence-corrected chi connectivity index (χ0v) is 7.18. The summed E-state index contributed by atoms with van der Waals surface area (Å²) in [7, 11) is 0. The van der Waals surface area contributed by atoms with Crippen LogP contribution in [0.2, 0.25) is 0 Å². The molecule has 6 nitrogen and oxygen atoms in total. The van der Waals surface area contributed by atoms with Gasteiger partial charge >= 0.3 is 0 Å². The monoisotopic (exact) mass is 189 g/mol. The molecule has 0 spiro atoms. The molecule has 1 fully saturated rings. The van der Waals surface area contributed by atoms with Crippen LogP contribution in [-0.2, 0) is 4.79 Å². The highest BCUT2D eigenvalue weighted by Gasteiger charge is 2.45. The van der Waals surface area contributed by atoms with Gasteiger partial charge in [0, 0.05) is 24.9 Å². The summed E-state index contributed by atoms with van der Waals surface area (Å²) in [5, 5.41) is 19.0. The second-order valence-corrected chi connectivity index (χ2v) is 3.61. The molecule has 1 aliphatic carbocycles. The Morgan fingerprint density at radius 3 is 2.31 bits per heavy atom. The van der Waals surface area contributed by atoms with Gasteiger partial charge in [-0.05, 0) is 0 Å². The van der Waals surface area contributed by atoms with Gasteiger partial charge in [-0.2, -0.15) is 0 Å². The van der Waals surface area contributed by atoms with Gasteiger partial charge in [0.15, 0.2) is 0 Å². The molecule has 1 rings (SSSR count). The van der Waals surface area contributed by atoms with E-state index in [9.17, 15) is 15.0 Å². The topological polar surface area (TPSA) is 136 Å². The molecule has 1 saturated carbocycles. The number of primary amides is 1. The molecule has 13 heavy (non-hydrogen) atoms. The summed E-state index contributed by atoms with van der Waals surface area (Å²) < 4.78 is 0. The van der Waals surface area contributed by atoms with Gasteiger partial charge in [0.25, 0.3) is 0 Å². The van der Waals surface area contributed by atoms with Crippen molar-refractivity contribution in [1.82, 2.24) is 0 Å². The molecule has 0 bridgehead atoms. The van der Waals surface area contributed by atoms with E-state index < -0.39 is 29.7 Å². The molecule has 0 aromatic carbocycles. The van der Waals surface area contributed by atoms with E-state index in [1.807, 2.05) is 0 Å². The van der Waals surface area contributed by atoms with E-state index >= 15 is 0 Å². The zero-order valence-electron chi connectivity index (χ0n) is 7.18. The Hall–Kier alpha value is -0.690. The Balaban J connectivity index is 2.79. The number of rotatable bonds is 1. The lowest BCUT2D eigenvalue weighted by molar-refractivity contribution is -0.145. The third kappa shape index (κ3) is 1.80. The van der Waals surface area contributed by atoms with Crippen molar-refractivity contribution >= 4 is 5.91 Å². The maximum atomic E-state index is 10.8. The minimum atomic E-state index is -1.71. The summed E-state index contributed by atoms with van der Waals surface area (Å²) in [5.74, 6) is -0.867. The van der Waals surface area contributed by atoms with Crippen LogP contribution >= 0.6 is 0 Å². The first kappa shape index (κ1) is 10.4. The Kier molecular flexibility index (Phi) is 2.58. The van der Waals surface area contributed by atoms with Gasteiger partial charge in [-0.1, -0.05) is 0 Å². The number of amides is 1. The van der Waals surface area contributed by atoms with Crippen LogP contribution in [0.4, 0.5) is 0 Å². The zero-order chi connectivity index (χ0) is 10.2. The van der Waals surface area contributed by atoms with Gasteiger partial charge in [-0.3, -0.25) is 4.79 Å². The van der Waals surface area contributed by atoms with Crippen molar-refractivity contribution in [2.75, 3.05) is 0 Å². The highest BCUT2D eigenvalue weighted by Crippen LogP contribution is 2.26. The molecule has 8 N–H and O–H groups in total. The molecule has 4 atom stereocenters. The summed E-state index contributed by atoms with van der Waals surface area (Å²) in [6.07, 6.45) is -1.13. The van der Waals surface area contributed by atoms with Gasteiger partial charge in [0.05, 0.1) is 6.10 Å². The van der Waals surface area contributed by atoms with Gasteiger partial charge in [-0.15, -0.1) is 0 Å². The van der Waals surface area contributed by atoms with Crippen LogP contribution in [0.15, 0.2) is 0 Å². The number of hydrogen-bond acceptors (Lipinski definition) is 5. The van der Waals surface area contributed by atoms with Crippen molar-refractivity contribution in [3.8, 4) is 0 Å². The summed E-state index contributed by atoms with van der Waals surface area (Å²) in [6, 6.07) is -1.22. The first-order chi connectivity index (χ1) is 5.87. The highest BCUT2D eigenvalue weighted by molar-refractivity contribution is 5.83. The molecule has 0 aromatic rings. The predicted octanol–water partition coefficient (Wildman–Crippen LogP) is -2.99. The molecule has 76 valence electrons. The van der Waals surface area contributed by atoms with Crippen molar-refractivity contribution in [2.24, 2.45) is 17.2 Å². The van der Waals surface area contributed by atoms with Crippen LogP contribution in [0.5, 0.6) is 0 Å². The van der Waals surface area contributed by atoms with E-state index in [0.29, 0.717) is 0 Å². The minimum Gasteiger partial charge on any atom is -0.391 e. The maximum absolute atomic E-state index is 10.8. The summed E-state index contributed by atoms with van der Waals surface area (Å²) >= 11 is 0. The first-order valence-electron chi connectivity index (χ1n) is 4.08. The van der Waals surface area contributed by atoms with Crippen LogP contribution < -0.4 is 17.2 Å². The third-order valence-corrected chi connectivity index (χ3v) is 2.52. The van der Waals surface area contributed by atoms with Gasteiger partial charge in [0.2, 0.25) is 5.91 Å². The van der Waals surface area contributed by atoms with Gasteiger partial charge in [0.1, 0.15) is 5.60 Å². The summed E-state index contributed by atoms with van der Waals surface area (Å²) in [5.41, 5.74) is 14.3. The van der Waals surface area contributed by atoms with Gasteiger partial charge in [-0.25, -0.2) is 0 Å². The van der Waals surface area contributed by atoms with E-state index in [1.165, 1.54) is 0 Å². The molecule has 4 unspecified atom stereocenters. The first-order valence-corrected chi connectivity index (χ1v) is 4.08. The Morgan fingerprint density at radius 1 is 1.38 bits per heavy atom. The largest absolute Gasteiger partial charge is 0.391 e. The lowest BCUT2D eigenvalue weighted by atomic mass is 9.77. The van der Waals surface area contributed by atoms with E-state index in [-0.39, 0.29) is 12.8 Å². The number of aliphatic hydroxyl groups excluding tert-OH is 1. The number of carbonyl (C=O) groups is 1. The Bertz CT molecular complexity index is 209. The lowest BCUT2D eigenvalue weighted by Crippen LogP contribution is -2.63.